The molecule has 2 aromatic carbocycles. The number of nitrogens with one attached hydrogen (secondary N) is 1. The average molecular weight is 429 g/mol. The van der Waals surface area contributed by atoms with Gasteiger partial charge in [-0.15, -0.1) is 0 Å². The molecule has 1 aliphatic heterocycles. The minimum atomic E-state index is -0.222. The number of likely N-dealkylation sites (tertiary alicyclic amines) is 1. The van der Waals surface area contributed by atoms with Gasteiger partial charge < -0.3 is 19.8 Å². The van der Waals surface area contributed by atoms with Gasteiger partial charge in [0.1, 0.15) is 18.9 Å². The summed E-state index contributed by atoms with van der Waals surface area (Å²) in [6.07, 6.45) is 4.42. The first-order valence-electron chi connectivity index (χ1n) is 10.5. The third kappa shape index (κ3) is 8.42. The number of carbonyl (C=O) groups excluding carboxylic acids is 3. The number of aldehydes is 1. The molecule has 0 saturated carbocycles. The van der Waals surface area contributed by atoms with Gasteiger partial charge in [-0.05, 0) is 69.2 Å². The molecule has 1 amide bonds. The fraction of sp³-hybridized carbons (Fsp3) is 0.400. The highest BCUT2D eigenvalue weighted by Gasteiger charge is 2.36. The second-order valence-electron chi connectivity index (χ2n) is 7.60. The van der Waals surface area contributed by atoms with Gasteiger partial charge in [0.15, 0.2) is 0 Å². The maximum atomic E-state index is 13.7. The van der Waals surface area contributed by atoms with Crippen molar-refractivity contribution in [2.75, 3.05) is 26.7 Å². The fourth-order valence-corrected chi connectivity index (χ4v) is 3.49. The van der Waals surface area contributed by atoms with E-state index in [-0.39, 0.29) is 17.1 Å². The average Bonchev–Trinajstić information content (AvgIpc) is 2.81. The Labute approximate surface area is 184 Å². The van der Waals surface area contributed by atoms with Gasteiger partial charge in [-0.1, -0.05) is 37.3 Å². The predicted octanol–water partition coefficient (Wildman–Crippen LogP) is 4.02. The molecule has 1 fully saturated rings. The first-order chi connectivity index (χ1) is 15.0. The molecule has 0 aromatic heterocycles. The molecule has 0 bridgehead atoms. The summed E-state index contributed by atoms with van der Waals surface area (Å²) in [4.78, 5) is 32.1. The van der Waals surface area contributed by atoms with Crippen molar-refractivity contribution >= 4 is 19.0 Å². The highest BCUT2D eigenvalue weighted by atomic mass is 19.1. The second-order valence-corrected chi connectivity index (χ2v) is 7.60. The first-order valence-corrected chi connectivity index (χ1v) is 10.5. The quantitative estimate of drug-likeness (QED) is 0.706. The number of rotatable bonds is 6. The van der Waals surface area contributed by atoms with Crippen LogP contribution in [0.25, 0.3) is 0 Å². The molecule has 1 N–H and O–H groups in total. The Morgan fingerprint density at radius 3 is 2.29 bits per heavy atom. The summed E-state index contributed by atoms with van der Waals surface area (Å²) in [6.45, 7) is 6.39. The van der Waals surface area contributed by atoms with E-state index in [1.165, 1.54) is 6.07 Å². The predicted molar refractivity (Wildman–Crippen MR) is 122 cm³/mol. The van der Waals surface area contributed by atoms with Crippen molar-refractivity contribution < 1.29 is 18.8 Å². The van der Waals surface area contributed by atoms with Crippen LogP contribution in [0.3, 0.4) is 0 Å². The van der Waals surface area contributed by atoms with Gasteiger partial charge in [0.05, 0.1) is 0 Å². The van der Waals surface area contributed by atoms with Crippen LogP contribution in [0.2, 0.25) is 0 Å². The van der Waals surface area contributed by atoms with Crippen LogP contribution in [0.1, 0.15) is 48.5 Å². The lowest BCUT2D eigenvalue weighted by molar-refractivity contribution is -0.107. The number of hydrogen-bond acceptors (Lipinski definition) is 4. The van der Waals surface area contributed by atoms with E-state index in [0.29, 0.717) is 18.5 Å². The molecule has 0 unspecified atom stereocenters. The van der Waals surface area contributed by atoms with Crippen molar-refractivity contribution in [3.8, 4) is 0 Å². The number of nitrogens with zero attached hydrogens (tertiary/aromatic N) is 1. The Balaban J connectivity index is 0.000000605. The third-order valence-corrected chi connectivity index (χ3v) is 5.41. The zero-order valence-corrected chi connectivity index (χ0v) is 18.5. The molecule has 1 aliphatic rings. The minimum absolute atomic E-state index is 0.0784. The van der Waals surface area contributed by atoms with Crippen LogP contribution in [0.4, 0.5) is 4.39 Å². The van der Waals surface area contributed by atoms with E-state index in [9.17, 15) is 14.0 Å². The lowest BCUT2D eigenvalue weighted by Gasteiger charge is -2.41. The van der Waals surface area contributed by atoms with Crippen LogP contribution in [-0.2, 0) is 15.0 Å². The van der Waals surface area contributed by atoms with E-state index >= 15 is 0 Å². The molecule has 2 aromatic rings. The molecule has 5 nitrogen and oxygen atoms in total. The molecule has 0 atom stereocenters. The van der Waals surface area contributed by atoms with Gasteiger partial charge in [-0.3, -0.25) is 4.79 Å². The summed E-state index contributed by atoms with van der Waals surface area (Å²) < 4.78 is 13.7. The molecule has 168 valence electrons. The van der Waals surface area contributed by atoms with Crippen molar-refractivity contribution in [2.24, 2.45) is 0 Å². The van der Waals surface area contributed by atoms with Gasteiger partial charge in [0.2, 0.25) is 0 Å². The van der Waals surface area contributed by atoms with Crippen molar-refractivity contribution in [2.45, 2.75) is 38.0 Å². The minimum Gasteiger partial charge on any atom is -0.351 e. The molecule has 0 spiro atoms. The van der Waals surface area contributed by atoms with E-state index in [1.54, 1.807) is 24.3 Å². The van der Waals surface area contributed by atoms with Crippen LogP contribution in [0, 0.1) is 5.82 Å². The zero-order chi connectivity index (χ0) is 23.1. The first kappa shape index (κ1) is 26.2. The van der Waals surface area contributed by atoms with E-state index in [0.717, 1.165) is 44.2 Å². The van der Waals surface area contributed by atoms with Crippen LogP contribution in [0.15, 0.2) is 54.6 Å². The van der Waals surface area contributed by atoms with Gasteiger partial charge >= 0.3 is 0 Å². The second kappa shape index (κ2) is 14.2. The largest absolute Gasteiger partial charge is 0.351 e. The maximum absolute atomic E-state index is 13.7. The summed E-state index contributed by atoms with van der Waals surface area (Å²) in [5.74, 6) is -0.300. The molecule has 1 heterocycles. The van der Waals surface area contributed by atoms with Gasteiger partial charge in [0, 0.05) is 23.9 Å². The molecular formula is C25H33FN2O3. The molecular weight excluding hydrogens is 395 g/mol. The Morgan fingerprint density at radius 2 is 1.77 bits per heavy atom. The smallest absolute Gasteiger partial charge is 0.251 e. The number of carbonyl (C=O) groups is 3. The Kier molecular flexibility index (Phi) is 12.0. The molecule has 0 radical (unpaired) electrons. The van der Waals surface area contributed by atoms with Crippen molar-refractivity contribution in [3.63, 3.8) is 0 Å². The molecule has 31 heavy (non-hydrogen) atoms. The summed E-state index contributed by atoms with van der Waals surface area (Å²) in [5, 5.41) is 3.06. The normalized spacial score (nSPS) is 14.8. The van der Waals surface area contributed by atoms with Crippen LogP contribution >= 0.6 is 0 Å². The zero-order valence-electron chi connectivity index (χ0n) is 18.5. The summed E-state index contributed by atoms with van der Waals surface area (Å²) in [7, 11) is 2.10. The van der Waals surface area contributed by atoms with E-state index < -0.39 is 0 Å². The van der Waals surface area contributed by atoms with Gasteiger partial charge in [0.25, 0.3) is 5.91 Å². The SMILES string of the molecule is C=O.CCCC=O.CN1CCC(CNC(=O)c2ccccc2)(c2cccc(F)c2)CC1. The van der Waals surface area contributed by atoms with E-state index in [4.69, 9.17) is 4.79 Å². The molecule has 0 aliphatic carbocycles. The lowest BCUT2D eigenvalue weighted by atomic mass is 9.72. The van der Waals surface area contributed by atoms with E-state index in [1.807, 2.05) is 38.0 Å². The third-order valence-electron chi connectivity index (χ3n) is 5.41. The number of piperidine rings is 1. The van der Waals surface area contributed by atoms with Crippen molar-refractivity contribution in [1.29, 1.82) is 0 Å². The highest BCUT2D eigenvalue weighted by molar-refractivity contribution is 5.94. The Bertz CT molecular complexity index is 790. The number of amides is 1. The van der Waals surface area contributed by atoms with Crippen LogP contribution in [-0.4, -0.2) is 50.6 Å². The van der Waals surface area contributed by atoms with Crippen molar-refractivity contribution in [1.82, 2.24) is 10.2 Å². The summed E-state index contributed by atoms with van der Waals surface area (Å²) >= 11 is 0. The van der Waals surface area contributed by atoms with Gasteiger partial charge in [-0.25, -0.2) is 4.39 Å². The standard InChI is InChI=1S/C20H23FN2O.C4H8O.CH2O/c1-23-12-10-20(11-13-23,17-8-5-9-18(21)14-17)15-22-19(24)16-6-3-2-4-7-16;1-2-3-4-5;1-2/h2-9,14H,10-13,15H2,1H3,(H,22,24);4H,2-3H2,1H3;1H2. The van der Waals surface area contributed by atoms with Crippen LogP contribution < -0.4 is 5.32 Å². The number of hydrogen-bond donors (Lipinski definition) is 1. The summed E-state index contributed by atoms with van der Waals surface area (Å²) in [5.41, 5.74) is 1.42. The fourth-order valence-electron chi connectivity index (χ4n) is 3.49. The van der Waals surface area contributed by atoms with Gasteiger partial charge in [-0.2, -0.15) is 0 Å². The Hall–Kier alpha value is -2.86. The monoisotopic (exact) mass is 428 g/mol. The summed E-state index contributed by atoms with van der Waals surface area (Å²) in [6, 6.07) is 16.0. The van der Waals surface area contributed by atoms with E-state index in [2.05, 4.69) is 17.3 Å². The number of unbranched alkanes of at least 4 members (excludes halogenated alkanes) is 1. The molecule has 6 heteroatoms. The van der Waals surface area contributed by atoms with Crippen LogP contribution in [0.5, 0.6) is 0 Å². The highest BCUT2D eigenvalue weighted by Crippen LogP contribution is 2.35. The maximum Gasteiger partial charge on any atom is 0.251 e. The van der Waals surface area contributed by atoms with Crippen molar-refractivity contribution in [3.05, 3.63) is 71.5 Å². The lowest BCUT2D eigenvalue weighted by Crippen LogP contribution is -2.48. The number of benzene rings is 2. The topological polar surface area (TPSA) is 66.5 Å². The Morgan fingerprint density at radius 1 is 1.13 bits per heavy atom. The number of halogens is 1. The molecule has 1 saturated heterocycles. The molecule has 3 rings (SSSR count).